The van der Waals surface area contributed by atoms with Crippen LogP contribution in [0.3, 0.4) is 0 Å². The van der Waals surface area contributed by atoms with Gasteiger partial charge in [-0.3, -0.25) is 0 Å². The van der Waals surface area contributed by atoms with E-state index >= 15 is 0 Å². The second-order valence-corrected chi connectivity index (χ2v) is 5.18. The van der Waals surface area contributed by atoms with Crippen molar-refractivity contribution in [3.05, 3.63) is 54.0 Å². The van der Waals surface area contributed by atoms with Crippen LogP contribution in [-0.2, 0) is 11.3 Å². The molecule has 25 heavy (non-hydrogen) atoms. The number of nitrogens with zero attached hydrogens (tertiary/aromatic N) is 2. The van der Waals surface area contributed by atoms with Crippen LogP contribution in [0, 0.1) is 5.82 Å². The van der Waals surface area contributed by atoms with Crippen LogP contribution >= 0.6 is 0 Å². The normalized spacial score (nSPS) is 11.2. The molecule has 0 aliphatic heterocycles. The highest BCUT2D eigenvalue weighted by Gasteiger charge is 2.01. The van der Waals surface area contributed by atoms with Gasteiger partial charge in [-0.05, 0) is 36.8 Å². The molecule has 0 amide bonds. The van der Waals surface area contributed by atoms with Gasteiger partial charge in [-0.25, -0.2) is 14.4 Å². The summed E-state index contributed by atoms with van der Waals surface area (Å²) in [7, 11) is 1.66. The third-order valence-electron chi connectivity index (χ3n) is 3.20. The van der Waals surface area contributed by atoms with Crippen molar-refractivity contribution in [2.24, 2.45) is 4.99 Å². The molecule has 2 aromatic rings. The topological polar surface area (TPSA) is 67.8 Å². The van der Waals surface area contributed by atoms with Crippen LogP contribution in [0.5, 0.6) is 11.6 Å². The molecule has 1 aromatic carbocycles. The first-order valence-electron chi connectivity index (χ1n) is 8.10. The zero-order valence-corrected chi connectivity index (χ0v) is 14.5. The van der Waals surface area contributed by atoms with E-state index in [0.717, 1.165) is 18.1 Å². The molecule has 0 bridgehead atoms. The highest BCUT2D eigenvalue weighted by atomic mass is 19.1. The molecular weight excluding hydrogens is 323 g/mol. The Kier molecular flexibility index (Phi) is 7.65. The Morgan fingerprint density at radius 1 is 1.16 bits per heavy atom. The van der Waals surface area contributed by atoms with Crippen molar-refractivity contribution in [2.45, 2.75) is 13.5 Å². The van der Waals surface area contributed by atoms with Gasteiger partial charge in [-0.2, -0.15) is 0 Å². The minimum Gasteiger partial charge on any atom is -0.439 e. The van der Waals surface area contributed by atoms with E-state index in [1.54, 1.807) is 31.5 Å². The summed E-state index contributed by atoms with van der Waals surface area (Å²) in [6.45, 7) is 4.58. The van der Waals surface area contributed by atoms with Gasteiger partial charge in [0.05, 0.1) is 13.2 Å². The summed E-state index contributed by atoms with van der Waals surface area (Å²) in [6, 6.07) is 9.47. The summed E-state index contributed by atoms with van der Waals surface area (Å²) in [5, 5.41) is 6.35. The Labute approximate surface area is 147 Å². The first-order valence-corrected chi connectivity index (χ1v) is 8.10. The van der Waals surface area contributed by atoms with Gasteiger partial charge >= 0.3 is 0 Å². The van der Waals surface area contributed by atoms with Crippen molar-refractivity contribution in [1.29, 1.82) is 0 Å². The highest BCUT2D eigenvalue weighted by molar-refractivity contribution is 5.79. The molecule has 0 atom stereocenters. The van der Waals surface area contributed by atoms with Crippen molar-refractivity contribution in [1.82, 2.24) is 15.6 Å². The number of hydrogen-bond acceptors (Lipinski definition) is 4. The Balaban J connectivity index is 1.91. The third-order valence-corrected chi connectivity index (χ3v) is 3.20. The predicted molar refractivity (Wildman–Crippen MR) is 95.4 cm³/mol. The summed E-state index contributed by atoms with van der Waals surface area (Å²) in [4.78, 5) is 8.74. The summed E-state index contributed by atoms with van der Waals surface area (Å²) >= 11 is 0. The predicted octanol–water partition coefficient (Wildman–Crippen LogP) is 2.71. The minimum absolute atomic E-state index is 0.302. The van der Waals surface area contributed by atoms with Gasteiger partial charge in [-0.15, -0.1) is 0 Å². The van der Waals surface area contributed by atoms with Gasteiger partial charge in [0.15, 0.2) is 5.96 Å². The Morgan fingerprint density at radius 3 is 2.60 bits per heavy atom. The molecular formula is C18H23FN4O2. The average Bonchev–Trinajstić information content (AvgIpc) is 2.63. The number of guanidine groups is 1. The van der Waals surface area contributed by atoms with E-state index in [1.165, 1.54) is 12.1 Å². The van der Waals surface area contributed by atoms with Crippen LogP contribution in [0.4, 0.5) is 4.39 Å². The van der Waals surface area contributed by atoms with Crippen LogP contribution in [-0.4, -0.2) is 37.7 Å². The number of benzene rings is 1. The van der Waals surface area contributed by atoms with Crippen LogP contribution < -0.4 is 15.4 Å². The van der Waals surface area contributed by atoms with E-state index in [-0.39, 0.29) is 5.82 Å². The van der Waals surface area contributed by atoms with E-state index in [2.05, 4.69) is 20.6 Å². The molecule has 134 valence electrons. The maximum Gasteiger partial charge on any atom is 0.219 e. The summed E-state index contributed by atoms with van der Waals surface area (Å²) in [5.74, 6) is 1.41. The molecule has 2 rings (SSSR count). The van der Waals surface area contributed by atoms with Crippen LogP contribution in [0.25, 0.3) is 0 Å². The smallest absolute Gasteiger partial charge is 0.219 e. The van der Waals surface area contributed by atoms with Crippen LogP contribution in [0.15, 0.2) is 47.6 Å². The monoisotopic (exact) mass is 346 g/mol. The second kappa shape index (κ2) is 10.2. The fraction of sp³-hybridized carbons (Fsp3) is 0.333. The summed E-state index contributed by atoms with van der Waals surface area (Å²) in [6.07, 6.45) is 1.71. The molecule has 2 N–H and O–H groups in total. The quantitative estimate of drug-likeness (QED) is 0.437. The second-order valence-electron chi connectivity index (χ2n) is 5.18. The molecule has 0 aliphatic carbocycles. The molecule has 0 aliphatic rings. The number of pyridine rings is 1. The van der Waals surface area contributed by atoms with Gasteiger partial charge in [0.2, 0.25) is 5.88 Å². The lowest BCUT2D eigenvalue weighted by atomic mass is 10.3. The molecule has 0 saturated carbocycles. The molecule has 0 radical (unpaired) electrons. The van der Waals surface area contributed by atoms with E-state index in [9.17, 15) is 4.39 Å². The minimum atomic E-state index is -0.302. The highest BCUT2D eigenvalue weighted by Crippen LogP contribution is 2.19. The maximum atomic E-state index is 12.9. The number of nitrogens with one attached hydrogen (secondary N) is 2. The first kappa shape index (κ1) is 18.7. The van der Waals surface area contributed by atoms with E-state index in [4.69, 9.17) is 9.47 Å². The maximum absolute atomic E-state index is 12.9. The first-order chi connectivity index (χ1) is 12.2. The molecule has 6 nitrogen and oxygen atoms in total. The SMILES string of the molecule is CCNC(=NCc1ccc(Oc2ccc(F)cc2)nc1)NCCOC. The Bertz CT molecular complexity index is 660. The largest absolute Gasteiger partial charge is 0.439 e. The zero-order chi connectivity index (χ0) is 17.9. The third kappa shape index (κ3) is 6.76. The number of aromatic nitrogens is 1. The summed E-state index contributed by atoms with van der Waals surface area (Å²) < 4.78 is 23.5. The fourth-order valence-corrected chi connectivity index (χ4v) is 1.97. The standard InChI is InChI=1S/C18H23FN4O2/c1-3-20-18(21-10-11-24-2)23-13-14-4-9-17(22-12-14)25-16-7-5-15(19)6-8-16/h4-9,12H,3,10-11,13H2,1-2H3,(H2,20,21,23). The zero-order valence-electron chi connectivity index (χ0n) is 14.5. The Morgan fingerprint density at radius 2 is 1.96 bits per heavy atom. The lowest BCUT2D eigenvalue weighted by molar-refractivity contribution is 0.203. The van der Waals surface area contributed by atoms with Gasteiger partial charge in [0, 0.05) is 32.5 Å². The van der Waals surface area contributed by atoms with Gasteiger partial charge in [-0.1, -0.05) is 6.07 Å². The van der Waals surface area contributed by atoms with Crippen molar-refractivity contribution < 1.29 is 13.9 Å². The van der Waals surface area contributed by atoms with Gasteiger partial charge < -0.3 is 20.1 Å². The van der Waals surface area contributed by atoms with Crippen molar-refractivity contribution in [3.8, 4) is 11.6 Å². The number of halogens is 1. The van der Waals surface area contributed by atoms with Gasteiger partial charge in [0.1, 0.15) is 11.6 Å². The number of ether oxygens (including phenoxy) is 2. The molecule has 1 heterocycles. The molecule has 0 unspecified atom stereocenters. The van der Waals surface area contributed by atoms with Crippen molar-refractivity contribution >= 4 is 5.96 Å². The summed E-state index contributed by atoms with van der Waals surface area (Å²) in [5.41, 5.74) is 0.954. The lowest BCUT2D eigenvalue weighted by Gasteiger charge is -2.10. The van der Waals surface area contributed by atoms with E-state index in [1.807, 2.05) is 13.0 Å². The van der Waals surface area contributed by atoms with E-state index in [0.29, 0.717) is 31.3 Å². The number of rotatable bonds is 8. The molecule has 7 heteroatoms. The lowest BCUT2D eigenvalue weighted by Crippen LogP contribution is -2.38. The van der Waals surface area contributed by atoms with Crippen LogP contribution in [0.2, 0.25) is 0 Å². The number of hydrogen-bond donors (Lipinski definition) is 2. The van der Waals surface area contributed by atoms with Crippen molar-refractivity contribution in [2.75, 3.05) is 26.8 Å². The van der Waals surface area contributed by atoms with E-state index < -0.39 is 0 Å². The number of methoxy groups -OCH3 is 1. The average molecular weight is 346 g/mol. The van der Waals surface area contributed by atoms with Gasteiger partial charge in [0.25, 0.3) is 0 Å². The van der Waals surface area contributed by atoms with Crippen molar-refractivity contribution in [3.63, 3.8) is 0 Å². The molecule has 1 aromatic heterocycles. The number of aliphatic imine (C=N–C) groups is 1. The molecule has 0 fully saturated rings. The van der Waals surface area contributed by atoms with Crippen LogP contribution in [0.1, 0.15) is 12.5 Å². The fourth-order valence-electron chi connectivity index (χ4n) is 1.97. The molecule has 0 saturated heterocycles. The Hall–Kier alpha value is -2.67. The molecule has 0 spiro atoms.